The summed E-state index contributed by atoms with van der Waals surface area (Å²) in [6, 6.07) is 58.9. The minimum absolute atomic E-state index is 0.335. The van der Waals surface area contributed by atoms with E-state index >= 15 is 0 Å². The van der Waals surface area contributed by atoms with Crippen molar-refractivity contribution in [1.82, 2.24) is 0 Å². The maximum atomic E-state index is 5.50. The molecule has 6 aromatic carbocycles. The van der Waals surface area contributed by atoms with Crippen LogP contribution in [-0.4, -0.2) is 7.11 Å². The largest absolute Gasteiger partial charge is 0.497 e. The first-order chi connectivity index (χ1) is 21.8. The molecule has 212 valence electrons. The van der Waals surface area contributed by atoms with Crippen molar-refractivity contribution in [2.75, 3.05) is 7.11 Å². The molecule has 0 bridgehead atoms. The first-order valence-electron chi connectivity index (χ1n) is 14.7. The molecule has 1 heterocycles. The van der Waals surface area contributed by atoms with Gasteiger partial charge in [-0.25, -0.2) is 0 Å². The number of hydrogen-bond acceptors (Lipinski definition) is 2. The van der Waals surface area contributed by atoms with Gasteiger partial charge in [0.15, 0.2) is 9.79 Å². The first kappa shape index (κ1) is 28.0. The van der Waals surface area contributed by atoms with Crippen molar-refractivity contribution in [2.24, 2.45) is 0 Å². The molecule has 0 saturated heterocycles. The Bertz CT molecular complexity index is 1960. The van der Waals surface area contributed by atoms with Crippen molar-refractivity contribution in [3.8, 4) is 50.3 Å². The summed E-state index contributed by atoms with van der Waals surface area (Å²) in [5.41, 5.74) is 9.80. The number of thiophene rings is 1. The zero-order chi connectivity index (χ0) is 29.7. The molecule has 0 aliphatic carbocycles. The van der Waals surface area contributed by atoms with E-state index in [-0.39, 0.29) is 10.9 Å². The van der Waals surface area contributed by atoms with Crippen molar-refractivity contribution >= 4 is 22.2 Å². The highest BCUT2D eigenvalue weighted by atomic mass is 32.2. The highest BCUT2D eigenvalue weighted by Gasteiger charge is 2.35. The van der Waals surface area contributed by atoms with Crippen LogP contribution in [-0.2, 0) is 10.9 Å². The van der Waals surface area contributed by atoms with Crippen molar-refractivity contribution in [2.45, 2.75) is 14.0 Å². The summed E-state index contributed by atoms with van der Waals surface area (Å²) in [5.74, 6) is 0.854. The third-order valence-electron chi connectivity index (χ3n) is 7.78. The second-order valence-corrected chi connectivity index (χ2v) is 13.6. The van der Waals surface area contributed by atoms with E-state index in [1.54, 1.807) is 7.11 Å². The zero-order valence-corrected chi connectivity index (χ0v) is 26.0. The van der Waals surface area contributed by atoms with E-state index in [9.17, 15) is 0 Å². The van der Waals surface area contributed by atoms with Gasteiger partial charge >= 0.3 is 0 Å². The fourth-order valence-corrected chi connectivity index (χ4v) is 9.41. The van der Waals surface area contributed by atoms with Gasteiger partial charge in [-0.1, -0.05) is 133 Å². The number of ether oxygens (including phenoxy) is 1. The lowest BCUT2D eigenvalue weighted by atomic mass is 9.87. The molecule has 0 amide bonds. The molecule has 0 saturated carbocycles. The molecule has 7 rings (SSSR count). The molecule has 0 fully saturated rings. The Labute approximate surface area is 266 Å². The van der Waals surface area contributed by atoms with Crippen LogP contribution in [0.15, 0.2) is 183 Å². The van der Waals surface area contributed by atoms with Gasteiger partial charge in [0.2, 0.25) is 4.21 Å². The van der Waals surface area contributed by atoms with Crippen LogP contribution in [0, 0.1) is 0 Å². The summed E-state index contributed by atoms with van der Waals surface area (Å²) in [6.07, 6.45) is 0. The summed E-state index contributed by atoms with van der Waals surface area (Å²) >= 11 is 1.85. The lowest BCUT2D eigenvalue weighted by molar-refractivity contribution is 0.415. The van der Waals surface area contributed by atoms with Gasteiger partial charge in [-0.05, 0) is 69.8 Å². The van der Waals surface area contributed by atoms with Gasteiger partial charge in [0.05, 0.1) is 7.11 Å². The van der Waals surface area contributed by atoms with E-state index in [0.29, 0.717) is 0 Å². The summed E-state index contributed by atoms with van der Waals surface area (Å²) in [7, 11) is 1.38. The number of rotatable bonds is 8. The van der Waals surface area contributed by atoms with Crippen molar-refractivity contribution < 1.29 is 4.74 Å². The fourth-order valence-electron chi connectivity index (χ4n) is 5.67. The molecular formula is C41H31OS2+. The molecule has 3 heteroatoms. The van der Waals surface area contributed by atoms with Gasteiger partial charge in [-0.2, -0.15) is 0 Å². The molecule has 0 N–H and O–H groups in total. The van der Waals surface area contributed by atoms with Gasteiger partial charge < -0.3 is 4.74 Å². The smallest absolute Gasteiger partial charge is 0.221 e. The quantitative estimate of drug-likeness (QED) is 0.157. The van der Waals surface area contributed by atoms with Gasteiger partial charge in [0.25, 0.3) is 0 Å². The standard InChI is InChI=1S/C41H31OS2/c1-42-35-24-22-31(23-25-35)37-26-27-38(41(33-18-10-4-11-19-33)40(37)32-16-8-3-9-17-32)44(36-20-12-5-13-21-36)39-28-34(29-43-39)30-14-6-2-7-15-30/h2-29H,1H3/q+1. The van der Waals surface area contributed by atoms with E-state index in [1.165, 1.54) is 52.9 Å². The van der Waals surface area contributed by atoms with E-state index < -0.39 is 0 Å². The van der Waals surface area contributed by atoms with Crippen LogP contribution in [0.4, 0.5) is 0 Å². The van der Waals surface area contributed by atoms with Crippen molar-refractivity contribution in [3.63, 3.8) is 0 Å². The van der Waals surface area contributed by atoms with E-state index in [0.717, 1.165) is 11.3 Å². The van der Waals surface area contributed by atoms with Crippen molar-refractivity contribution in [3.05, 3.63) is 169 Å². The first-order valence-corrected chi connectivity index (χ1v) is 16.8. The van der Waals surface area contributed by atoms with Crippen molar-refractivity contribution in [1.29, 1.82) is 0 Å². The summed E-state index contributed by atoms with van der Waals surface area (Å²) in [6.45, 7) is 0. The van der Waals surface area contributed by atoms with E-state index in [2.05, 4.69) is 157 Å². The average Bonchev–Trinajstić information content (AvgIpc) is 3.60. The van der Waals surface area contributed by atoms with Gasteiger partial charge in [-0.15, -0.1) is 0 Å². The minimum atomic E-state index is -0.335. The molecule has 0 aliphatic rings. The fraction of sp³-hybridized carbons (Fsp3) is 0.0244. The summed E-state index contributed by atoms with van der Waals surface area (Å²) in [4.78, 5) is 2.63. The zero-order valence-electron chi connectivity index (χ0n) is 24.4. The predicted octanol–water partition coefficient (Wildman–Crippen LogP) is 11.5. The number of methoxy groups -OCH3 is 1. The molecule has 0 spiro atoms. The van der Waals surface area contributed by atoms with Crippen LogP contribution in [0.2, 0.25) is 0 Å². The second-order valence-electron chi connectivity index (χ2n) is 10.5. The minimum Gasteiger partial charge on any atom is -0.497 e. The van der Waals surface area contributed by atoms with Crippen LogP contribution in [0.1, 0.15) is 0 Å². The van der Waals surface area contributed by atoms with Crippen LogP contribution >= 0.6 is 11.3 Å². The van der Waals surface area contributed by atoms with Crippen LogP contribution in [0.5, 0.6) is 5.75 Å². The molecule has 1 aromatic heterocycles. The molecule has 0 radical (unpaired) electrons. The summed E-state index contributed by atoms with van der Waals surface area (Å²) in [5, 5.41) is 2.31. The molecule has 1 atom stereocenters. The molecule has 1 unspecified atom stereocenters. The van der Waals surface area contributed by atoms with Gasteiger partial charge in [-0.3, -0.25) is 0 Å². The maximum absolute atomic E-state index is 5.50. The topological polar surface area (TPSA) is 9.23 Å². The van der Waals surface area contributed by atoms with Gasteiger partial charge in [0.1, 0.15) is 16.6 Å². The monoisotopic (exact) mass is 603 g/mol. The third kappa shape index (κ3) is 5.60. The predicted molar refractivity (Wildman–Crippen MR) is 188 cm³/mol. The molecule has 0 aliphatic heterocycles. The Morgan fingerprint density at radius 2 is 1.02 bits per heavy atom. The van der Waals surface area contributed by atoms with E-state index in [1.807, 2.05) is 23.5 Å². The maximum Gasteiger partial charge on any atom is 0.221 e. The van der Waals surface area contributed by atoms with E-state index in [4.69, 9.17) is 4.74 Å². The Morgan fingerprint density at radius 1 is 0.477 bits per heavy atom. The Morgan fingerprint density at radius 3 is 1.61 bits per heavy atom. The highest BCUT2D eigenvalue weighted by molar-refractivity contribution is 7.99. The highest BCUT2D eigenvalue weighted by Crippen LogP contribution is 2.48. The van der Waals surface area contributed by atoms with Crippen LogP contribution < -0.4 is 4.74 Å². The Hall–Kier alpha value is -4.83. The van der Waals surface area contributed by atoms with Crippen LogP contribution in [0.25, 0.3) is 44.5 Å². The Kier molecular flexibility index (Phi) is 8.14. The number of benzene rings is 6. The molecule has 7 aromatic rings. The Balaban J connectivity index is 1.53. The SMILES string of the molecule is COc1ccc(-c2ccc([S+](c3ccccc3)c3cc(-c4ccccc4)cs3)c(-c3ccccc3)c2-c2ccccc2)cc1. The lowest BCUT2D eigenvalue weighted by Gasteiger charge is -2.20. The third-order valence-corrected chi connectivity index (χ3v) is 11.3. The average molecular weight is 604 g/mol. The summed E-state index contributed by atoms with van der Waals surface area (Å²) < 4.78 is 6.85. The van der Waals surface area contributed by atoms with Gasteiger partial charge in [0, 0.05) is 22.6 Å². The number of hydrogen-bond donors (Lipinski definition) is 0. The normalized spacial score (nSPS) is 11.7. The van der Waals surface area contributed by atoms with Crippen LogP contribution in [0.3, 0.4) is 0 Å². The molecule has 44 heavy (non-hydrogen) atoms. The second kappa shape index (κ2) is 12.8. The molecule has 1 nitrogen and oxygen atoms in total. The molecular weight excluding hydrogens is 573 g/mol. The lowest BCUT2D eigenvalue weighted by Crippen LogP contribution is -2.07.